The van der Waals surface area contributed by atoms with Gasteiger partial charge in [-0.05, 0) is 54.6 Å². The Morgan fingerprint density at radius 3 is 2.29 bits per heavy atom. The Morgan fingerprint density at radius 1 is 0.839 bits per heavy atom. The smallest absolute Gasteiger partial charge is 0.253 e. The average molecular weight is 412 g/mol. The van der Waals surface area contributed by atoms with E-state index in [2.05, 4.69) is 22.1 Å². The Balaban J connectivity index is 1.16. The number of aromatic nitrogens is 2. The van der Waals surface area contributed by atoms with E-state index in [0.29, 0.717) is 18.7 Å². The minimum Gasteiger partial charge on any atom is -0.457 e. The summed E-state index contributed by atoms with van der Waals surface area (Å²) in [4.78, 5) is 17.2. The van der Waals surface area contributed by atoms with Gasteiger partial charge in [0.25, 0.3) is 5.91 Å². The van der Waals surface area contributed by atoms with Gasteiger partial charge in [-0.15, -0.1) is 0 Å². The lowest BCUT2D eigenvalue weighted by Gasteiger charge is -2.34. The average Bonchev–Trinajstić information content (AvgIpc) is 3.23. The largest absolute Gasteiger partial charge is 0.457 e. The van der Waals surface area contributed by atoms with E-state index in [1.165, 1.54) is 0 Å². The van der Waals surface area contributed by atoms with Crippen LogP contribution in [0.3, 0.4) is 0 Å². The molecule has 5 rings (SSSR count). The molecule has 1 aliphatic rings. The number of para-hydroxylation sites is 1. The second kappa shape index (κ2) is 8.62. The third-order valence-electron chi connectivity index (χ3n) is 5.55. The van der Waals surface area contributed by atoms with Gasteiger partial charge in [0.15, 0.2) is 0 Å². The molecule has 0 bridgehead atoms. The third-order valence-corrected chi connectivity index (χ3v) is 5.55. The van der Waals surface area contributed by atoms with Crippen LogP contribution in [-0.2, 0) is 6.54 Å². The Bertz CT molecular complexity index is 1130. The van der Waals surface area contributed by atoms with Gasteiger partial charge in [0.1, 0.15) is 11.5 Å². The van der Waals surface area contributed by atoms with Gasteiger partial charge in [-0.25, -0.2) is 4.52 Å². The predicted molar refractivity (Wildman–Crippen MR) is 119 cm³/mol. The van der Waals surface area contributed by atoms with Gasteiger partial charge in [0.2, 0.25) is 0 Å². The normalized spacial score (nSPS) is 14.6. The van der Waals surface area contributed by atoms with Crippen molar-refractivity contribution in [3.63, 3.8) is 0 Å². The number of amides is 1. The molecule has 0 aliphatic carbocycles. The molecule has 31 heavy (non-hydrogen) atoms. The zero-order chi connectivity index (χ0) is 21.0. The van der Waals surface area contributed by atoms with Crippen molar-refractivity contribution in [3.05, 3.63) is 96.3 Å². The van der Waals surface area contributed by atoms with E-state index in [0.717, 1.165) is 42.3 Å². The highest BCUT2D eigenvalue weighted by Crippen LogP contribution is 2.22. The molecule has 6 nitrogen and oxygen atoms in total. The van der Waals surface area contributed by atoms with Gasteiger partial charge in [-0.1, -0.05) is 24.3 Å². The number of ether oxygens (including phenoxy) is 1. The maximum absolute atomic E-state index is 12.9. The molecule has 6 heteroatoms. The number of pyridine rings is 1. The van der Waals surface area contributed by atoms with Crippen LogP contribution in [-0.4, -0.2) is 51.5 Å². The van der Waals surface area contributed by atoms with E-state index in [-0.39, 0.29) is 5.91 Å². The lowest BCUT2D eigenvalue weighted by atomic mass is 10.1. The highest BCUT2D eigenvalue weighted by atomic mass is 16.5. The zero-order valence-electron chi connectivity index (χ0n) is 17.2. The Morgan fingerprint density at radius 2 is 1.55 bits per heavy atom. The first-order valence-corrected chi connectivity index (χ1v) is 10.5. The van der Waals surface area contributed by atoms with Crippen LogP contribution in [0.15, 0.2) is 85.1 Å². The number of carbonyl (C=O) groups is 1. The molecule has 0 radical (unpaired) electrons. The molecule has 2 aromatic carbocycles. The van der Waals surface area contributed by atoms with E-state index < -0.39 is 0 Å². The predicted octanol–water partition coefficient (Wildman–Crippen LogP) is 4.08. The summed E-state index contributed by atoms with van der Waals surface area (Å²) in [6.07, 6.45) is 1.96. The highest BCUT2D eigenvalue weighted by Gasteiger charge is 2.22. The number of nitrogens with zero attached hydrogens (tertiary/aromatic N) is 4. The molecule has 156 valence electrons. The van der Waals surface area contributed by atoms with Gasteiger partial charge in [-0.2, -0.15) is 5.10 Å². The monoisotopic (exact) mass is 412 g/mol. The lowest BCUT2D eigenvalue weighted by molar-refractivity contribution is 0.0627. The van der Waals surface area contributed by atoms with Gasteiger partial charge in [0, 0.05) is 44.5 Å². The molecule has 0 atom stereocenters. The summed E-state index contributed by atoms with van der Waals surface area (Å²) in [6.45, 7) is 3.92. The molecule has 1 fully saturated rings. The number of benzene rings is 2. The second-order valence-electron chi connectivity index (χ2n) is 7.71. The van der Waals surface area contributed by atoms with E-state index in [9.17, 15) is 4.79 Å². The van der Waals surface area contributed by atoms with Crippen LogP contribution >= 0.6 is 0 Å². The maximum Gasteiger partial charge on any atom is 0.253 e. The van der Waals surface area contributed by atoms with Crippen molar-refractivity contribution in [2.75, 3.05) is 26.2 Å². The number of hydrogen-bond donors (Lipinski definition) is 0. The second-order valence-corrected chi connectivity index (χ2v) is 7.71. The van der Waals surface area contributed by atoms with Gasteiger partial charge < -0.3 is 9.64 Å². The first kappa shape index (κ1) is 19.3. The molecule has 1 amide bonds. The number of carbonyl (C=O) groups excluding carboxylic acids is 1. The maximum atomic E-state index is 12.9. The Hall–Kier alpha value is -3.64. The molecule has 4 aromatic rings. The van der Waals surface area contributed by atoms with Crippen LogP contribution in [0.4, 0.5) is 0 Å². The van der Waals surface area contributed by atoms with Crippen molar-refractivity contribution in [2.24, 2.45) is 0 Å². The molecular formula is C25H24N4O2. The summed E-state index contributed by atoms with van der Waals surface area (Å²) in [5.74, 6) is 1.57. The molecule has 2 aromatic heterocycles. The van der Waals surface area contributed by atoms with Crippen LogP contribution in [0.25, 0.3) is 5.52 Å². The van der Waals surface area contributed by atoms with E-state index in [4.69, 9.17) is 4.74 Å². The summed E-state index contributed by atoms with van der Waals surface area (Å²) in [5, 5.41) is 4.63. The first-order chi connectivity index (χ1) is 15.2. The van der Waals surface area contributed by atoms with Gasteiger partial charge >= 0.3 is 0 Å². The van der Waals surface area contributed by atoms with Crippen molar-refractivity contribution in [1.29, 1.82) is 0 Å². The SMILES string of the molecule is O=C(c1ccc(Oc2ccccc2)cc1)N1CCN(Cc2cc3ccccn3n2)CC1. The van der Waals surface area contributed by atoms with Crippen LogP contribution in [0.1, 0.15) is 16.1 Å². The summed E-state index contributed by atoms with van der Waals surface area (Å²) < 4.78 is 7.71. The van der Waals surface area contributed by atoms with E-state index >= 15 is 0 Å². The minimum atomic E-state index is 0.0682. The summed E-state index contributed by atoms with van der Waals surface area (Å²) in [6, 6.07) is 25.2. The number of fused-ring (bicyclic) bond motifs is 1. The fraction of sp³-hybridized carbons (Fsp3) is 0.200. The molecule has 0 unspecified atom stereocenters. The summed E-state index contributed by atoms with van der Waals surface area (Å²) in [5.41, 5.74) is 2.85. The van der Waals surface area contributed by atoms with Crippen molar-refractivity contribution < 1.29 is 9.53 Å². The standard InChI is InChI=1S/C25H24N4O2/c30-25(20-9-11-24(12-10-20)31-23-7-2-1-3-8-23)28-16-14-27(15-17-28)19-21-18-22-6-4-5-13-29(22)26-21/h1-13,18H,14-17,19H2. The highest BCUT2D eigenvalue weighted by molar-refractivity contribution is 5.94. The van der Waals surface area contributed by atoms with E-state index in [1.807, 2.05) is 82.3 Å². The molecule has 0 spiro atoms. The van der Waals surface area contributed by atoms with Gasteiger partial charge in [0.05, 0.1) is 11.2 Å². The molecular weight excluding hydrogens is 388 g/mol. The van der Waals surface area contributed by atoms with Crippen molar-refractivity contribution >= 4 is 11.4 Å². The Kier molecular flexibility index (Phi) is 5.37. The zero-order valence-corrected chi connectivity index (χ0v) is 17.2. The van der Waals surface area contributed by atoms with Crippen LogP contribution in [0.2, 0.25) is 0 Å². The quantitative estimate of drug-likeness (QED) is 0.496. The van der Waals surface area contributed by atoms with Crippen LogP contribution in [0.5, 0.6) is 11.5 Å². The number of hydrogen-bond acceptors (Lipinski definition) is 4. The van der Waals surface area contributed by atoms with Crippen molar-refractivity contribution in [1.82, 2.24) is 19.4 Å². The van der Waals surface area contributed by atoms with Crippen LogP contribution < -0.4 is 4.74 Å². The lowest BCUT2D eigenvalue weighted by Crippen LogP contribution is -2.48. The van der Waals surface area contributed by atoms with Gasteiger partial charge in [-0.3, -0.25) is 9.69 Å². The fourth-order valence-electron chi connectivity index (χ4n) is 3.88. The molecule has 1 saturated heterocycles. The van der Waals surface area contributed by atoms with E-state index in [1.54, 1.807) is 0 Å². The van der Waals surface area contributed by atoms with Crippen molar-refractivity contribution in [3.8, 4) is 11.5 Å². The summed E-state index contributed by atoms with van der Waals surface area (Å²) in [7, 11) is 0. The topological polar surface area (TPSA) is 50.1 Å². The number of piperazine rings is 1. The molecule has 1 aliphatic heterocycles. The number of rotatable bonds is 5. The molecule has 3 heterocycles. The first-order valence-electron chi connectivity index (χ1n) is 10.5. The molecule has 0 N–H and O–H groups in total. The Labute approximate surface area is 181 Å². The van der Waals surface area contributed by atoms with Crippen molar-refractivity contribution in [2.45, 2.75) is 6.54 Å². The minimum absolute atomic E-state index is 0.0682. The molecule has 0 saturated carbocycles. The fourth-order valence-corrected chi connectivity index (χ4v) is 3.88. The summed E-state index contributed by atoms with van der Waals surface area (Å²) >= 11 is 0. The third kappa shape index (κ3) is 4.44. The van der Waals surface area contributed by atoms with Crippen LogP contribution in [0, 0.1) is 0 Å².